The fourth-order valence-electron chi connectivity index (χ4n) is 4.14. The SMILES string of the molecule is CCSC1=C(C#N)C(c2ccccc2)(c2ccccc2)C(=O)N1CCCNC(=O)OC(C)(C)C. The number of alkyl carbamates (subject to hydrolysis) is 1. The van der Waals surface area contributed by atoms with Gasteiger partial charge in [0.05, 0.1) is 16.7 Å². The first kappa shape index (κ1) is 25.4. The number of carbonyl (C=O) groups excluding carboxylic acids is 2. The third-order valence-electron chi connectivity index (χ3n) is 5.43. The summed E-state index contributed by atoms with van der Waals surface area (Å²) in [5, 5.41) is 13.8. The third-order valence-corrected chi connectivity index (χ3v) is 6.42. The second kappa shape index (κ2) is 10.8. The van der Waals surface area contributed by atoms with Crippen molar-refractivity contribution in [1.29, 1.82) is 5.26 Å². The molecule has 0 saturated heterocycles. The van der Waals surface area contributed by atoms with Gasteiger partial charge in [-0.2, -0.15) is 5.26 Å². The highest BCUT2D eigenvalue weighted by atomic mass is 32.2. The van der Waals surface area contributed by atoms with Crippen molar-refractivity contribution in [3.63, 3.8) is 0 Å². The van der Waals surface area contributed by atoms with Gasteiger partial charge in [-0.1, -0.05) is 67.6 Å². The number of thioether (sulfide) groups is 1. The number of benzene rings is 2. The maximum Gasteiger partial charge on any atom is 0.407 e. The number of ether oxygens (including phenoxy) is 1. The molecule has 2 amide bonds. The molecule has 0 spiro atoms. The largest absolute Gasteiger partial charge is 0.444 e. The highest BCUT2D eigenvalue weighted by Gasteiger charge is 2.55. The van der Waals surface area contributed by atoms with E-state index in [0.717, 1.165) is 16.9 Å². The number of amides is 2. The summed E-state index contributed by atoms with van der Waals surface area (Å²) in [6.07, 6.45) is 0.0384. The van der Waals surface area contributed by atoms with Crippen molar-refractivity contribution in [2.75, 3.05) is 18.8 Å². The van der Waals surface area contributed by atoms with E-state index in [2.05, 4.69) is 11.4 Å². The van der Waals surface area contributed by atoms with Gasteiger partial charge in [0.2, 0.25) is 5.91 Å². The van der Waals surface area contributed by atoms with Crippen LogP contribution >= 0.6 is 11.8 Å². The van der Waals surface area contributed by atoms with Gasteiger partial charge in [0, 0.05) is 13.1 Å². The van der Waals surface area contributed by atoms with Crippen LogP contribution in [0.15, 0.2) is 71.3 Å². The second-order valence-electron chi connectivity index (χ2n) is 8.95. The van der Waals surface area contributed by atoms with E-state index in [1.54, 1.807) is 4.90 Å². The Hall–Kier alpha value is -3.24. The molecule has 0 aromatic heterocycles. The molecule has 3 rings (SSSR count). The lowest BCUT2D eigenvalue weighted by Gasteiger charge is -2.30. The zero-order valence-electron chi connectivity index (χ0n) is 20.1. The molecule has 2 aromatic rings. The molecule has 0 fully saturated rings. The van der Waals surface area contributed by atoms with Crippen LogP contribution in [0.1, 0.15) is 45.2 Å². The van der Waals surface area contributed by atoms with Crippen LogP contribution in [-0.2, 0) is 14.9 Å². The van der Waals surface area contributed by atoms with E-state index in [1.807, 2.05) is 88.4 Å². The third kappa shape index (κ3) is 5.13. The van der Waals surface area contributed by atoms with Crippen LogP contribution in [0.25, 0.3) is 0 Å². The minimum Gasteiger partial charge on any atom is -0.444 e. The summed E-state index contributed by atoms with van der Waals surface area (Å²) >= 11 is 1.50. The van der Waals surface area contributed by atoms with Crippen molar-refractivity contribution < 1.29 is 14.3 Å². The van der Waals surface area contributed by atoms with Gasteiger partial charge in [0.1, 0.15) is 11.0 Å². The Bertz CT molecular complexity index is 1050. The Morgan fingerprint density at radius 1 is 1.09 bits per heavy atom. The van der Waals surface area contributed by atoms with Gasteiger partial charge in [0.25, 0.3) is 0 Å². The van der Waals surface area contributed by atoms with Crippen LogP contribution in [0, 0.1) is 11.3 Å². The number of nitriles is 1. The molecule has 1 heterocycles. The van der Waals surface area contributed by atoms with Gasteiger partial charge < -0.3 is 15.0 Å². The molecule has 0 atom stereocenters. The number of hydrogen-bond donors (Lipinski definition) is 1. The predicted octanol–water partition coefficient (Wildman–Crippen LogP) is 5.22. The number of nitrogens with zero attached hydrogens (tertiary/aromatic N) is 2. The van der Waals surface area contributed by atoms with Gasteiger partial charge in [0.15, 0.2) is 0 Å². The average molecular weight is 478 g/mol. The van der Waals surface area contributed by atoms with Crippen molar-refractivity contribution in [3.8, 4) is 6.07 Å². The molecule has 2 aromatic carbocycles. The predicted molar refractivity (Wildman–Crippen MR) is 135 cm³/mol. The van der Waals surface area contributed by atoms with E-state index in [0.29, 0.717) is 30.1 Å². The maximum absolute atomic E-state index is 14.2. The van der Waals surface area contributed by atoms with E-state index in [4.69, 9.17) is 4.74 Å². The zero-order valence-corrected chi connectivity index (χ0v) is 20.9. The van der Waals surface area contributed by atoms with Crippen molar-refractivity contribution in [2.45, 2.75) is 45.1 Å². The van der Waals surface area contributed by atoms with Crippen LogP contribution in [0.4, 0.5) is 4.79 Å². The first-order valence-electron chi connectivity index (χ1n) is 11.4. The van der Waals surface area contributed by atoms with Gasteiger partial charge in [-0.05, 0) is 44.1 Å². The summed E-state index contributed by atoms with van der Waals surface area (Å²) in [7, 11) is 0. The van der Waals surface area contributed by atoms with Gasteiger partial charge >= 0.3 is 6.09 Å². The lowest BCUT2D eigenvalue weighted by molar-refractivity contribution is -0.130. The Morgan fingerprint density at radius 2 is 1.65 bits per heavy atom. The monoisotopic (exact) mass is 477 g/mol. The van der Waals surface area contributed by atoms with Crippen LogP contribution < -0.4 is 5.32 Å². The van der Waals surface area contributed by atoms with Crippen molar-refractivity contribution in [3.05, 3.63) is 82.4 Å². The molecule has 1 N–H and O–H groups in total. The molecule has 0 radical (unpaired) electrons. The summed E-state index contributed by atoms with van der Waals surface area (Å²) in [6, 6.07) is 21.4. The number of nitrogens with one attached hydrogen (secondary N) is 1. The minimum atomic E-state index is -1.20. The van der Waals surface area contributed by atoms with E-state index >= 15 is 0 Å². The summed E-state index contributed by atoms with van der Waals surface area (Å²) in [4.78, 5) is 27.9. The molecule has 0 aliphatic carbocycles. The van der Waals surface area contributed by atoms with E-state index in [9.17, 15) is 14.9 Å². The second-order valence-corrected chi connectivity index (χ2v) is 10.2. The summed E-state index contributed by atoms with van der Waals surface area (Å²) < 4.78 is 5.29. The van der Waals surface area contributed by atoms with Gasteiger partial charge in [-0.3, -0.25) is 4.79 Å². The summed E-state index contributed by atoms with van der Waals surface area (Å²) in [6.45, 7) is 8.17. The lowest BCUT2D eigenvalue weighted by Crippen LogP contribution is -2.42. The Morgan fingerprint density at radius 3 is 2.12 bits per heavy atom. The molecule has 6 nitrogen and oxygen atoms in total. The smallest absolute Gasteiger partial charge is 0.407 e. The van der Waals surface area contributed by atoms with Crippen LogP contribution in [-0.4, -0.2) is 41.3 Å². The molecule has 1 aliphatic heterocycles. The van der Waals surface area contributed by atoms with Gasteiger partial charge in [-0.25, -0.2) is 4.79 Å². The van der Waals surface area contributed by atoms with E-state index < -0.39 is 17.1 Å². The van der Waals surface area contributed by atoms with Crippen LogP contribution in [0.5, 0.6) is 0 Å². The molecule has 0 unspecified atom stereocenters. The number of rotatable bonds is 8. The Kier molecular flexibility index (Phi) is 8.06. The standard InChI is InChI=1S/C27H31N3O3S/c1-5-34-23-22(19-28)27(20-13-8-6-9-14-20,21-15-10-7-11-16-21)24(31)30(23)18-12-17-29-25(32)33-26(2,3)4/h6-11,13-16H,5,12,17-18H2,1-4H3,(H,29,32). The number of hydrogen-bond acceptors (Lipinski definition) is 5. The van der Waals surface area contributed by atoms with E-state index in [-0.39, 0.29) is 5.91 Å². The Balaban J connectivity index is 1.96. The van der Waals surface area contributed by atoms with Crippen LogP contribution in [0.2, 0.25) is 0 Å². The minimum absolute atomic E-state index is 0.144. The normalized spacial score (nSPS) is 15.3. The molecule has 1 aliphatic rings. The lowest BCUT2D eigenvalue weighted by atomic mass is 9.70. The fourth-order valence-corrected chi connectivity index (χ4v) is 5.09. The van der Waals surface area contributed by atoms with Crippen molar-refractivity contribution >= 4 is 23.8 Å². The number of carbonyl (C=O) groups is 2. The maximum atomic E-state index is 14.2. The van der Waals surface area contributed by atoms with Crippen LogP contribution in [0.3, 0.4) is 0 Å². The van der Waals surface area contributed by atoms with Crippen molar-refractivity contribution in [2.24, 2.45) is 0 Å². The highest BCUT2D eigenvalue weighted by molar-refractivity contribution is 8.03. The molecule has 0 saturated carbocycles. The van der Waals surface area contributed by atoms with Crippen molar-refractivity contribution in [1.82, 2.24) is 10.2 Å². The molecular formula is C27H31N3O3S. The topological polar surface area (TPSA) is 82.4 Å². The van der Waals surface area contributed by atoms with Gasteiger partial charge in [-0.15, -0.1) is 11.8 Å². The fraction of sp³-hybridized carbons (Fsp3) is 0.370. The highest BCUT2D eigenvalue weighted by Crippen LogP contribution is 2.50. The molecular weight excluding hydrogens is 446 g/mol. The molecule has 34 heavy (non-hydrogen) atoms. The first-order chi connectivity index (χ1) is 16.3. The summed E-state index contributed by atoms with van der Waals surface area (Å²) in [5.41, 5.74) is 0.211. The Labute approximate surface area is 206 Å². The zero-order chi connectivity index (χ0) is 24.8. The van der Waals surface area contributed by atoms with E-state index in [1.165, 1.54) is 11.8 Å². The quantitative estimate of drug-likeness (QED) is 0.527. The molecule has 7 heteroatoms. The molecule has 0 bridgehead atoms. The molecule has 178 valence electrons. The summed E-state index contributed by atoms with van der Waals surface area (Å²) in [5.74, 6) is 0.579. The average Bonchev–Trinajstić information content (AvgIpc) is 3.04. The first-order valence-corrected chi connectivity index (χ1v) is 12.4.